The van der Waals surface area contributed by atoms with Crippen LogP contribution >= 0.6 is 34.9 Å². The van der Waals surface area contributed by atoms with Crippen LogP contribution in [0.3, 0.4) is 0 Å². The fourth-order valence-corrected chi connectivity index (χ4v) is 6.75. The number of hydrogen-bond acceptors (Lipinski definition) is 9. The fraction of sp³-hybridized carbons (Fsp3) is 0.421. The molecule has 2 aliphatic rings. The van der Waals surface area contributed by atoms with Gasteiger partial charge < -0.3 is 14.4 Å². The molecule has 2 N–H and O–H groups in total. The highest BCUT2D eigenvalue weighted by molar-refractivity contribution is 8.19. The van der Waals surface area contributed by atoms with Gasteiger partial charge in [0.05, 0.1) is 17.8 Å². The lowest BCUT2D eigenvalue weighted by molar-refractivity contribution is -0.123. The first-order chi connectivity index (χ1) is 14.7. The van der Waals surface area contributed by atoms with Gasteiger partial charge in [-0.15, -0.1) is 34.9 Å². The van der Waals surface area contributed by atoms with Crippen molar-refractivity contribution in [3.8, 4) is 5.75 Å². The van der Waals surface area contributed by atoms with Crippen molar-refractivity contribution in [2.45, 2.75) is 4.58 Å². The topological polar surface area (TPSA) is 92.8 Å². The number of thiazole rings is 1. The standard InChI is InChI=1S/C19H22N4O4S3/c24-16(11-27-15-4-2-1-3-13(15)18-28-9-10-29-18)21-22-17(25)14-12-30-19(20-14)23-5-7-26-8-6-23/h1-4,12,18H,5-11H2,(H,21,24)(H,22,25). The Kier molecular flexibility index (Phi) is 7.37. The lowest BCUT2D eigenvalue weighted by Crippen LogP contribution is -2.44. The minimum Gasteiger partial charge on any atom is -0.483 e. The Morgan fingerprint density at radius 1 is 1.17 bits per heavy atom. The number of carbonyl (C=O) groups is 2. The summed E-state index contributed by atoms with van der Waals surface area (Å²) in [6.45, 7) is 2.62. The monoisotopic (exact) mass is 466 g/mol. The number of hydrazine groups is 1. The molecule has 11 heteroatoms. The predicted octanol–water partition coefficient (Wildman–Crippen LogP) is 2.30. The van der Waals surface area contributed by atoms with Crippen LogP contribution in [0.5, 0.6) is 5.75 Å². The Balaban J connectivity index is 1.25. The summed E-state index contributed by atoms with van der Waals surface area (Å²) in [5.74, 6) is 2.02. The van der Waals surface area contributed by atoms with Gasteiger partial charge in [0, 0.05) is 35.5 Å². The number of anilines is 1. The van der Waals surface area contributed by atoms with Gasteiger partial charge in [-0.1, -0.05) is 18.2 Å². The minimum absolute atomic E-state index is 0.185. The second kappa shape index (κ2) is 10.4. The highest BCUT2D eigenvalue weighted by Gasteiger charge is 2.22. The zero-order valence-electron chi connectivity index (χ0n) is 16.2. The van der Waals surface area contributed by atoms with Gasteiger partial charge in [-0.25, -0.2) is 4.98 Å². The summed E-state index contributed by atoms with van der Waals surface area (Å²) in [6.07, 6.45) is 0. The van der Waals surface area contributed by atoms with Crippen LogP contribution < -0.4 is 20.5 Å². The van der Waals surface area contributed by atoms with Crippen molar-refractivity contribution in [1.29, 1.82) is 0 Å². The van der Waals surface area contributed by atoms with Crippen LogP contribution in [0.4, 0.5) is 5.13 Å². The molecule has 8 nitrogen and oxygen atoms in total. The number of rotatable bonds is 6. The molecule has 0 spiro atoms. The summed E-state index contributed by atoms with van der Waals surface area (Å²) in [4.78, 5) is 30.8. The lowest BCUT2D eigenvalue weighted by Gasteiger charge is -2.25. The first kappa shape index (κ1) is 21.3. The molecule has 3 heterocycles. The number of amides is 2. The van der Waals surface area contributed by atoms with Crippen LogP contribution in [0.1, 0.15) is 20.6 Å². The predicted molar refractivity (Wildman–Crippen MR) is 120 cm³/mol. The normalized spacial score (nSPS) is 17.0. The van der Waals surface area contributed by atoms with Gasteiger partial charge >= 0.3 is 0 Å². The van der Waals surface area contributed by atoms with Crippen molar-refractivity contribution in [3.05, 3.63) is 40.9 Å². The van der Waals surface area contributed by atoms with E-state index in [1.165, 1.54) is 11.3 Å². The van der Waals surface area contributed by atoms with Gasteiger partial charge in [-0.3, -0.25) is 20.4 Å². The summed E-state index contributed by atoms with van der Waals surface area (Å²) in [5.41, 5.74) is 6.13. The van der Waals surface area contributed by atoms with Gasteiger partial charge in [0.15, 0.2) is 11.7 Å². The Bertz CT molecular complexity index is 882. The van der Waals surface area contributed by atoms with Gasteiger partial charge in [-0.2, -0.15) is 0 Å². The van der Waals surface area contributed by atoms with Gasteiger partial charge in [0.2, 0.25) is 0 Å². The van der Waals surface area contributed by atoms with E-state index in [2.05, 4.69) is 20.7 Å². The van der Waals surface area contributed by atoms with Crippen LogP contribution in [0, 0.1) is 0 Å². The van der Waals surface area contributed by atoms with E-state index < -0.39 is 11.8 Å². The third-order valence-electron chi connectivity index (χ3n) is 4.48. The largest absolute Gasteiger partial charge is 0.483 e. The van der Waals surface area contributed by atoms with Gasteiger partial charge in [-0.05, 0) is 6.07 Å². The van der Waals surface area contributed by atoms with E-state index in [0.29, 0.717) is 23.5 Å². The van der Waals surface area contributed by atoms with Crippen molar-refractivity contribution < 1.29 is 19.1 Å². The number of hydrogen-bond donors (Lipinski definition) is 2. The maximum absolute atomic E-state index is 12.3. The minimum atomic E-state index is -0.460. The number of thioether (sulfide) groups is 2. The van der Waals surface area contributed by atoms with Crippen LogP contribution in [0.15, 0.2) is 29.6 Å². The second-order valence-electron chi connectivity index (χ2n) is 6.52. The zero-order valence-corrected chi connectivity index (χ0v) is 18.6. The van der Waals surface area contributed by atoms with E-state index in [9.17, 15) is 9.59 Å². The molecule has 0 bridgehead atoms. The van der Waals surface area contributed by atoms with Crippen LogP contribution in [0.25, 0.3) is 0 Å². The fourth-order valence-electron chi connectivity index (χ4n) is 2.98. The molecule has 2 aromatic rings. The highest BCUT2D eigenvalue weighted by atomic mass is 32.2. The third kappa shape index (κ3) is 5.39. The number of nitrogens with one attached hydrogen (secondary N) is 2. The number of nitrogens with zero attached hydrogens (tertiary/aromatic N) is 2. The molecule has 30 heavy (non-hydrogen) atoms. The molecule has 1 aromatic carbocycles. The number of carbonyl (C=O) groups excluding carboxylic acids is 2. The summed E-state index contributed by atoms with van der Waals surface area (Å²) in [7, 11) is 0. The molecule has 2 amide bonds. The van der Waals surface area contributed by atoms with Crippen LogP contribution in [-0.4, -0.2) is 61.2 Å². The summed E-state index contributed by atoms with van der Waals surface area (Å²) < 4.78 is 11.4. The first-order valence-electron chi connectivity index (χ1n) is 9.53. The number of aromatic nitrogens is 1. The molecule has 2 aliphatic heterocycles. The Morgan fingerprint density at radius 2 is 1.93 bits per heavy atom. The molecule has 160 valence electrons. The second-order valence-corrected chi connectivity index (χ2v) is 10.1. The molecular formula is C19H22N4O4S3. The van der Waals surface area contributed by atoms with Crippen LogP contribution in [0.2, 0.25) is 0 Å². The average molecular weight is 467 g/mol. The molecule has 4 rings (SSSR count). The molecule has 0 radical (unpaired) electrons. The highest BCUT2D eigenvalue weighted by Crippen LogP contribution is 2.48. The number of para-hydroxylation sites is 1. The summed E-state index contributed by atoms with van der Waals surface area (Å²) in [5, 5.41) is 2.45. The molecule has 2 fully saturated rings. The van der Waals surface area contributed by atoms with Crippen molar-refractivity contribution >= 4 is 51.8 Å². The van der Waals surface area contributed by atoms with Gasteiger partial charge in [0.25, 0.3) is 11.8 Å². The van der Waals surface area contributed by atoms with E-state index in [-0.39, 0.29) is 12.3 Å². The lowest BCUT2D eigenvalue weighted by atomic mass is 10.2. The molecule has 1 aromatic heterocycles. The van der Waals surface area contributed by atoms with Crippen molar-refractivity contribution in [2.24, 2.45) is 0 Å². The molecule has 0 atom stereocenters. The van der Waals surface area contributed by atoms with E-state index in [1.54, 1.807) is 5.38 Å². The van der Waals surface area contributed by atoms with Crippen molar-refractivity contribution in [1.82, 2.24) is 15.8 Å². The maximum Gasteiger partial charge on any atom is 0.289 e. The van der Waals surface area contributed by atoms with Gasteiger partial charge in [0.1, 0.15) is 11.4 Å². The number of ether oxygens (including phenoxy) is 2. The Labute approximate surface area is 187 Å². The number of morpholine rings is 1. The molecule has 0 aliphatic carbocycles. The molecule has 2 saturated heterocycles. The average Bonchev–Trinajstić information content (AvgIpc) is 3.49. The van der Waals surface area contributed by atoms with E-state index in [0.717, 1.165) is 35.3 Å². The summed E-state index contributed by atoms with van der Waals surface area (Å²) in [6, 6.07) is 7.75. The SMILES string of the molecule is O=C(COc1ccccc1C1SCCS1)NNC(=O)c1csc(N2CCOCC2)n1. The Morgan fingerprint density at radius 3 is 2.73 bits per heavy atom. The maximum atomic E-state index is 12.3. The quantitative estimate of drug-likeness (QED) is 0.627. The third-order valence-corrected chi connectivity index (χ3v) is 8.44. The molecular weight excluding hydrogens is 444 g/mol. The van der Waals surface area contributed by atoms with Crippen molar-refractivity contribution in [2.75, 3.05) is 49.3 Å². The van der Waals surface area contributed by atoms with E-state index in [4.69, 9.17) is 9.47 Å². The van der Waals surface area contributed by atoms with Crippen molar-refractivity contribution in [3.63, 3.8) is 0 Å². The smallest absolute Gasteiger partial charge is 0.289 e. The van der Waals surface area contributed by atoms with E-state index in [1.807, 2.05) is 47.8 Å². The first-order valence-corrected chi connectivity index (χ1v) is 12.5. The zero-order chi connectivity index (χ0) is 20.8. The molecule has 0 unspecified atom stereocenters. The number of benzene rings is 1. The Hall–Kier alpha value is -1.95. The molecule has 0 saturated carbocycles. The summed E-state index contributed by atoms with van der Waals surface area (Å²) >= 11 is 5.15. The van der Waals surface area contributed by atoms with E-state index >= 15 is 0 Å². The van der Waals surface area contributed by atoms with Crippen LogP contribution in [-0.2, 0) is 9.53 Å².